The largest absolute Gasteiger partial charge is 0.415 e. The van der Waals surface area contributed by atoms with Crippen molar-refractivity contribution < 1.29 is 9.53 Å². The number of hydrogen-bond donors (Lipinski definition) is 0. The summed E-state index contributed by atoms with van der Waals surface area (Å²) in [6, 6.07) is 0. The SMILES string of the molecule is C/C=C1/CN(C)C(=O)O/C1=C/C. The fourth-order valence-corrected chi connectivity index (χ4v) is 1.11. The lowest BCUT2D eigenvalue weighted by Crippen LogP contribution is -2.34. The molecule has 12 heavy (non-hydrogen) atoms. The van der Waals surface area contributed by atoms with Crippen LogP contribution in [0.3, 0.4) is 0 Å². The molecule has 66 valence electrons. The van der Waals surface area contributed by atoms with Crippen LogP contribution in [0.15, 0.2) is 23.5 Å². The minimum absolute atomic E-state index is 0.284. The molecule has 1 amide bonds. The smallest absolute Gasteiger partial charge is 0.410 e. The van der Waals surface area contributed by atoms with E-state index in [1.54, 1.807) is 18.0 Å². The van der Waals surface area contributed by atoms with Crippen molar-refractivity contribution in [3.05, 3.63) is 23.5 Å². The summed E-state index contributed by atoms with van der Waals surface area (Å²) in [6.07, 6.45) is 3.48. The summed E-state index contributed by atoms with van der Waals surface area (Å²) in [7, 11) is 1.72. The zero-order valence-corrected chi connectivity index (χ0v) is 7.63. The first-order valence-electron chi connectivity index (χ1n) is 3.94. The molecular weight excluding hydrogens is 154 g/mol. The van der Waals surface area contributed by atoms with Gasteiger partial charge in [0.2, 0.25) is 0 Å². The molecule has 0 spiro atoms. The van der Waals surface area contributed by atoms with E-state index in [1.807, 2.05) is 19.9 Å². The molecule has 3 heteroatoms. The van der Waals surface area contributed by atoms with Gasteiger partial charge in [0.25, 0.3) is 0 Å². The van der Waals surface area contributed by atoms with Gasteiger partial charge in [-0.15, -0.1) is 0 Å². The first-order chi connectivity index (χ1) is 5.69. The van der Waals surface area contributed by atoms with E-state index in [2.05, 4.69) is 0 Å². The quantitative estimate of drug-likeness (QED) is 0.551. The van der Waals surface area contributed by atoms with E-state index in [9.17, 15) is 4.79 Å². The van der Waals surface area contributed by atoms with Crippen molar-refractivity contribution in [2.75, 3.05) is 13.6 Å². The van der Waals surface area contributed by atoms with Crippen molar-refractivity contribution in [2.24, 2.45) is 0 Å². The Hall–Kier alpha value is -1.25. The van der Waals surface area contributed by atoms with Crippen LogP contribution < -0.4 is 0 Å². The average molecular weight is 167 g/mol. The molecular formula is C9H13NO2. The van der Waals surface area contributed by atoms with Gasteiger partial charge in [-0.2, -0.15) is 0 Å². The third kappa shape index (κ3) is 1.49. The number of nitrogens with zero attached hydrogens (tertiary/aromatic N) is 1. The highest BCUT2D eigenvalue weighted by atomic mass is 16.6. The maximum absolute atomic E-state index is 11.1. The zero-order chi connectivity index (χ0) is 9.14. The van der Waals surface area contributed by atoms with Crippen LogP contribution in [-0.4, -0.2) is 24.6 Å². The Balaban J connectivity index is 2.86. The number of likely N-dealkylation sites (N-methyl/N-ethyl adjacent to an activating group) is 1. The van der Waals surface area contributed by atoms with E-state index in [4.69, 9.17) is 4.74 Å². The molecule has 0 radical (unpaired) electrons. The second kappa shape index (κ2) is 3.43. The lowest BCUT2D eigenvalue weighted by molar-refractivity contribution is 0.130. The Kier molecular flexibility index (Phi) is 2.53. The third-order valence-electron chi connectivity index (χ3n) is 1.84. The highest BCUT2D eigenvalue weighted by Gasteiger charge is 2.22. The molecule has 0 aromatic rings. The minimum atomic E-state index is -0.284. The Bertz CT molecular complexity index is 253. The lowest BCUT2D eigenvalue weighted by Gasteiger charge is -2.26. The van der Waals surface area contributed by atoms with E-state index in [1.165, 1.54) is 0 Å². The summed E-state index contributed by atoms with van der Waals surface area (Å²) in [6.45, 7) is 4.43. The van der Waals surface area contributed by atoms with Crippen LogP contribution in [0.4, 0.5) is 4.79 Å². The maximum Gasteiger partial charge on any atom is 0.415 e. The predicted octanol–water partition coefficient (Wildman–Crippen LogP) is 1.92. The predicted molar refractivity (Wildman–Crippen MR) is 46.6 cm³/mol. The Morgan fingerprint density at radius 3 is 2.58 bits per heavy atom. The van der Waals surface area contributed by atoms with E-state index >= 15 is 0 Å². The zero-order valence-electron chi connectivity index (χ0n) is 7.63. The fraction of sp³-hybridized carbons (Fsp3) is 0.444. The Morgan fingerprint density at radius 1 is 1.42 bits per heavy atom. The first-order valence-corrected chi connectivity index (χ1v) is 3.94. The first kappa shape index (κ1) is 8.84. The fourth-order valence-electron chi connectivity index (χ4n) is 1.11. The van der Waals surface area contributed by atoms with Crippen molar-refractivity contribution in [1.82, 2.24) is 4.90 Å². The molecule has 0 unspecified atom stereocenters. The standard InChI is InChI=1S/C9H13NO2/c1-4-7-6-10(3)9(11)12-8(7)5-2/h4-5H,6H2,1-3H3/b7-4-,8-5+. The molecule has 3 nitrogen and oxygen atoms in total. The molecule has 0 aliphatic carbocycles. The normalized spacial score (nSPS) is 24.9. The van der Waals surface area contributed by atoms with E-state index in [-0.39, 0.29) is 6.09 Å². The van der Waals surface area contributed by atoms with Gasteiger partial charge in [-0.1, -0.05) is 6.08 Å². The molecule has 1 aliphatic rings. The number of cyclic esters (lactones) is 1. The van der Waals surface area contributed by atoms with E-state index in [0.29, 0.717) is 12.3 Å². The van der Waals surface area contributed by atoms with Gasteiger partial charge < -0.3 is 9.64 Å². The second-order valence-corrected chi connectivity index (χ2v) is 2.69. The van der Waals surface area contributed by atoms with E-state index in [0.717, 1.165) is 5.57 Å². The van der Waals surface area contributed by atoms with Gasteiger partial charge in [-0.05, 0) is 19.9 Å². The van der Waals surface area contributed by atoms with Crippen molar-refractivity contribution >= 4 is 6.09 Å². The van der Waals surface area contributed by atoms with Gasteiger partial charge in [-0.25, -0.2) is 4.79 Å². The van der Waals surface area contributed by atoms with Crippen LogP contribution >= 0.6 is 0 Å². The molecule has 0 aromatic heterocycles. The molecule has 0 saturated carbocycles. The van der Waals surface area contributed by atoms with Crippen molar-refractivity contribution in [3.63, 3.8) is 0 Å². The van der Waals surface area contributed by atoms with Crippen LogP contribution in [0.25, 0.3) is 0 Å². The monoisotopic (exact) mass is 167 g/mol. The van der Waals surface area contributed by atoms with Crippen LogP contribution in [0.5, 0.6) is 0 Å². The van der Waals surface area contributed by atoms with Gasteiger partial charge in [-0.3, -0.25) is 0 Å². The average Bonchev–Trinajstić information content (AvgIpc) is 2.09. The van der Waals surface area contributed by atoms with Gasteiger partial charge in [0.1, 0.15) is 5.76 Å². The number of ether oxygens (including phenoxy) is 1. The van der Waals surface area contributed by atoms with Crippen LogP contribution in [0.1, 0.15) is 13.8 Å². The molecule has 0 aromatic carbocycles. The molecule has 1 rings (SSSR count). The van der Waals surface area contributed by atoms with Crippen molar-refractivity contribution in [3.8, 4) is 0 Å². The van der Waals surface area contributed by atoms with Crippen LogP contribution in [-0.2, 0) is 4.74 Å². The highest BCUT2D eigenvalue weighted by Crippen LogP contribution is 2.19. The summed E-state index contributed by atoms with van der Waals surface area (Å²) in [5.41, 5.74) is 1.06. The van der Waals surface area contributed by atoms with Gasteiger partial charge in [0.05, 0.1) is 6.54 Å². The van der Waals surface area contributed by atoms with Crippen molar-refractivity contribution in [1.29, 1.82) is 0 Å². The van der Waals surface area contributed by atoms with Crippen LogP contribution in [0.2, 0.25) is 0 Å². The number of allylic oxidation sites excluding steroid dienone is 2. The molecule has 0 N–H and O–H groups in total. The van der Waals surface area contributed by atoms with Gasteiger partial charge in [0, 0.05) is 12.6 Å². The number of rotatable bonds is 0. The van der Waals surface area contributed by atoms with Gasteiger partial charge >= 0.3 is 6.09 Å². The molecule has 0 bridgehead atoms. The minimum Gasteiger partial charge on any atom is -0.410 e. The number of carbonyl (C=O) groups is 1. The highest BCUT2D eigenvalue weighted by molar-refractivity contribution is 5.71. The van der Waals surface area contributed by atoms with E-state index < -0.39 is 0 Å². The second-order valence-electron chi connectivity index (χ2n) is 2.69. The summed E-state index contributed by atoms with van der Waals surface area (Å²) in [5.74, 6) is 0.681. The molecule has 0 atom stereocenters. The Labute approximate surface area is 72.3 Å². The summed E-state index contributed by atoms with van der Waals surface area (Å²) >= 11 is 0. The summed E-state index contributed by atoms with van der Waals surface area (Å²) in [4.78, 5) is 12.6. The lowest BCUT2D eigenvalue weighted by atomic mass is 10.1. The van der Waals surface area contributed by atoms with Gasteiger partial charge in [0.15, 0.2) is 0 Å². The number of amides is 1. The summed E-state index contributed by atoms with van der Waals surface area (Å²) in [5, 5.41) is 0. The molecule has 1 aliphatic heterocycles. The molecule has 1 fully saturated rings. The molecule has 1 heterocycles. The Morgan fingerprint density at radius 2 is 2.08 bits per heavy atom. The number of hydrogen-bond acceptors (Lipinski definition) is 2. The maximum atomic E-state index is 11.1. The molecule has 1 saturated heterocycles. The third-order valence-corrected chi connectivity index (χ3v) is 1.84. The van der Waals surface area contributed by atoms with Crippen molar-refractivity contribution in [2.45, 2.75) is 13.8 Å². The van der Waals surface area contributed by atoms with Crippen LogP contribution in [0, 0.1) is 0 Å². The number of carbonyl (C=O) groups excluding carboxylic acids is 1. The topological polar surface area (TPSA) is 29.5 Å². The summed E-state index contributed by atoms with van der Waals surface area (Å²) < 4.78 is 5.03.